The predicted molar refractivity (Wildman–Crippen MR) is 102 cm³/mol. The van der Waals surface area contributed by atoms with Crippen molar-refractivity contribution in [2.75, 3.05) is 12.8 Å². The van der Waals surface area contributed by atoms with Crippen molar-refractivity contribution in [1.29, 1.82) is 0 Å². The first kappa shape index (κ1) is 19.1. The Kier molecular flexibility index (Phi) is 5.60. The lowest BCUT2D eigenvalue weighted by Gasteiger charge is -2.25. The van der Waals surface area contributed by atoms with Crippen LogP contribution in [0.25, 0.3) is 0 Å². The second-order valence-electron chi connectivity index (χ2n) is 6.38. The maximum Gasteiger partial charge on any atom is 0.289 e. The van der Waals surface area contributed by atoms with Crippen molar-refractivity contribution >= 4 is 28.8 Å². The van der Waals surface area contributed by atoms with E-state index in [0.29, 0.717) is 11.1 Å². The monoisotopic (exact) mass is 386 g/mol. The predicted octanol–water partition coefficient (Wildman–Crippen LogP) is 3.85. The summed E-state index contributed by atoms with van der Waals surface area (Å²) < 4.78 is 13.1. The molecular weight excluding hydrogens is 367 g/mol. The summed E-state index contributed by atoms with van der Waals surface area (Å²) in [5.74, 6) is -0.572. The van der Waals surface area contributed by atoms with Gasteiger partial charge in [0.1, 0.15) is 5.82 Å². The van der Waals surface area contributed by atoms with Crippen molar-refractivity contribution in [1.82, 2.24) is 9.80 Å². The number of carbonyl (C=O) groups excluding carboxylic acids is 3. The Hall–Kier alpha value is -2.67. The molecule has 1 fully saturated rings. The molecule has 7 heteroatoms. The van der Waals surface area contributed by atoms with Crippen LogP contribution in [0, 0.1) is 5.82 Å². The molecule has 1 atom stereocenters. The lowest BCUT2D eigenvalue weighted by Crippen LogP contribution is -2.30. The van der Waals surface area contributed by atoms with Gasteiger partial charge in [-0.2, -0.15) is 0 Å². The second-order valence-corrected chi connectivity index (χ2v) is 7.31. The van der Waals surface area contributed by atoms with Gasteiger partial charge in [0.2, 0.25) is 5.91 Å². The zero-order valence-corrected chi connectivity index (χ0v) is 15.8. The van der Waals surface area contributed by atoms with Crippen LogP contribution in [0.5, 0.6) is 0 Å². The smallest absolute Gasteiger partial charge is 0.289 e. The summed E-state index contributed by atoms with van der Waals surface area (Å²) in [7, 11) is 1.69. The van der Waals surface area contributed by atoms with Crippen molar-refractivity contribution < 1.29 is 18.8 Å². The molecule has 3 rings (SSSR count). The van der Waals surface area contributed by atoms with Crippen LogP contribution in [0.4, 0.5) is 9.18 Å². The van der Waals surface area contributed by atoms with E-state index < -0.39 is 0 Å². The molecule has 0 N–H and O–H groups in total. The van der Waals surface area contributed by atoms with Crippen molar-refractivity contribution in [3.8, 4) is 0 Å². The molecule has 0 radical (unpaired) electrons. The summed E-state index contributed by atoms with van der Waals surface area (Å²) in [5.41, 5.74) is 2.01. The lowest BCUT2D eigenvalue weighted by molar-refractivity contribution is -0.125. The number of imide groups is 1. The Morgan fingerprint density at radius 3 is 2.56 bits per heavy atom. The van der Waals surface area contributed by atoms with Crippen molar-refractivity contribution in [2.24, 2.45) is 0 Å². The van der Waals surface area contributed by atoms with Gasteiger partial charge in [-0.15, -0.1) is 0 Å². The minimum absolute atomic E-state index is 0.156. The molecule has 1 aliphatic heterocycles. The number of carbonyl (C=O) groups is 3. The highest BCUT2D eigenvalue weighted by Gasteiger charge is 2.30. The molecule has 0 spiro atoms. The third-order valence-corrected chi connectivity index (χ3v) is 5.47. The number of rotatable bonds is 5. The molecular formula is C20H19FN2O3S. The third kappa shape index (κ3) is 4.19. The van der Waals surface area contributed by atoms with E-state index in [4.69, 9.17) is 0 Å². The Morgan fingerprint density at radius 1 is 1.22 bits per heavy atom. The van der Waals surface area contributed by atoms with Crippen LogP contribution < -0.4 is 0 Å². The van der Waals surface area contributed by atoms with Crippen molar-refractivity contribution in [3.05, 3.63) is 71.0 Å². The molecule has 1 heterocycles. The van der Waals surface area contributed by atoms with E-state index in [-0.39, 0.29) is 41.2 Å². The van der Waals surface area contributed by atoms with Crippen LogP contribution in [0.3, 0.4) is 0 Å². The average Bonchev–Trinajstić information content (AvgIpc) is 2.99. The van der Waals surface area contributed by atoms with Gasteiger partial charge >= 0.3 is 0 Å². The summed E-state index contributed by atoms with van der Waals surface area (Å²) in [6.45, 7) is 2.02. The normalized spacial score (nSPS) is 15.1. The molecule has 2 aromatic carbocycles. The molecule has 0 aromatic heterocycles. The molecule has 1 aliphatic rings. The van der Waals surface area contributed by atoms with Gasteiger partial charge in [-0.05, 0) is 42.3 Å². The molecule has 1 unspecified atom stereocenters. The lowest BCUT2D eigenvalue weighted by atomic mass is 10.0. The van der Waals surface area contributed by atoms with Crippen LogP contribution in [0.15, 0.2) is 48.5 Å². The van der Waals surface area contributed by atoms with E-state index in [1.165, 1.54) is 17.0 Å². The fourth-order valence-electron chi connectivity index (χ4n) is 2.86. The van der Waals surface area contributed by atoms with E-state index >= 15 is 0 Å². The molecule has 0 bridgehead atoms. The van der Waals surface area contributed by atoms with Crippen LogP contribution in [-0.2, 0) is 11.3 Å². The van der Waals surface area contributed by atoms with E-state index in [0.717, 1.165) is 17.3 Å². The minimum Gasteiger partial charge on any atom is -0.335 e. The zero-order chi connectivity index (χ0) is 19.6. The number of benzene rings is 2. The van der Waals surface area contributed by atoms with Gasteiger partial charge in [0, 0.05) is 12.6 Å². The summed E-state index contributed by atoms with van der Waals surface area (Å²) in [4.78, 5) is 39.1. The van der Waals surface area contributed by atoms with Crippen LogP contribution in [0.1, 0.15) is 34.5 Å². The van der Waals surface area contributed by atoms with E-state index in [1.807, 2.05) is 6.92 Å². The zero-order valence-electron chi connectivity index (χ0n) is 15.0. The van der Waals surface area contributed by atoms with Crippen molar-refractivity contribution in [3.63, 3.8) is 0 Å². The molecule has 0 aliphatic carbocycles. The quantitative estimate of drug-likeness (QED) is 0.783. The van der Waals surface area contributed by atoms with Gasteiger partial charge < -0.3 is 4.90 Å². The highest BCUT2D eigenvalue weighted by Crippen LogP contribution is 2.23. The van der Waals surface area contributed by atoms with E-state index in [9.17, 15) is 18.8 Å². The van der Waals surface area contributed by atoms with Gasteiger partial charge in [-0.3, -0.25) is 19.3 Å². The Bertz CT molecular complexity index is 869. The second kappa shape index (κ2) is 7.92. The fraction of sp³-hybridized carbons (Fsp3) is 0.250. The molecule has 27 heavy (non-hydrogen) atoms. The van der Waals surface area contributed by atoms with Gasteiger partial charge in [0.15, 0.2) is 0 Å². The molecule has 3 amide bonds. The fourth-order valence-corrected chi connectivity index (χ4v) is 3.59. The SMILES string of the molecule is CC(c1ccc(F)cc1)N(C)C(=O)c1cccc(CN2C(=O)CSC2=O)c1. The average molecular weight is 386 g/mol. The largest absolute Gasteiger partial charge is 0.335 e. The highest BCUT2D eigenvalue weighted by atomic mass is 32.2. The molecule has 0 saturated carbocycles. The number of nitrogens with zero attached hydrogens (tertiary/aromatic N) is 2. The Balaban J connectivity index is 1.75. The van der Waals surface area contributed by atoms with Crippen LogP contribution in [-0.4, -0.2) is 39.7 Å². The summed E-state index contributed by atoms with van der Waals surface area (Å²) in [6, 6.07) is 12.7. The van der Waals surface area contributed by atoms with E-state index in [1.54, 1.807) is 48.3 Å². The van der Waals surface area contributed by atoms with Gasteiger partial charge in [-0.25, -0.2) is 4.39 Å². The molecule has 2 aromatic rings. The number of hydrogen-bond acceptors (Lipinski definition) is 4. The molecule has 140 valence electrons. The third-order valence-electron chi connectivity index (χ3n) is 4.61. The first-order chi connectivity index (χ1) is 12.9. The topological polar surface area (TPSA) is 57.7 Å². The Labute approximate surface area is 161 Å². The first-order valence-corrected chi connectivity index (χ1v) is 9.44. The summed E-state index contributed by atoms with van der Waals surface area (Å²) >= 11 is 0.986. The van der Waals surface area contributed by atoms with Crippen LogP contribution in [0.2, 0.25) is 0 Å². The minimum atomic E-state index is -0.322. The summed E-state index contributed by atoms with van der Waals surface area (Å²) in [6.07, 6.45) is 0. The maximum absolute atomic E-state index is 13.1. The van der Waals surface area contributed by atoms with Gasteiger partial charge in [0.05, 0.1) is 18.3 Å². The van der Waals surface area contributed by atoms with Crippen LogP contribution >= 0.6 is 11.8 Å². The van der Waals surface area contributed by atoms with Gasteiger partial charge in [-0.1, -0.05) is 36.0 Å². The highest BCUT2D eigenvalue weighted by molar-refractivity contribution is 8.14. The maximum atomic E-state index is 13.1. The Morgan fingerprint density at radius 2 is 1.93 bits per heavy atom. The van der Waals surface area contributed by atoms with Gasteiger partial charge in [0.25, 0.3) is 11.1 Å². The van der Waals surface area contributed by atoms with E-state index in [2.05, 4.69) is 0 Å². The standard InChI is InChI=1S/C20H19FN2O3S/c1-13(15-6-8-17(21)9-7-15)22(2)19(25)16-5-3-4-14(10-16)11-23-18(24)12-27-20(23)26/h3-10,13H,11-12H2,1-2H3. The van der Waals surface area contributed by atoms with Crippen molar-refractivity contribution in [2.45, 2.75) is 19.5 Å². The molecule has 1 saturated heterocycles. The first-order valence-electron chi connectivity index (χ1n) is 8.45. The number of hydrogen-bond donors (Lipinski definition) is 0. The number of amides is 3. The number of halogens is 1. The number of thioether (sulfide) groups is 1. The molecule has 5 nitrogen and oxygen atoms in total. The summed E-state index contributed by atoms with van der Waals surface area (Å²) in [5, 5.41) is -0.265.